The van der Waals surface area contributed by atoms with Crippen molar-refractivity contribution in [1.82, 2.24) is 14.5 Å². The van der Waals surface area contributed by atoms with Gasteiger partial charge in [0.15, 0.2) is 0 Å². The summed E-state index contributed by atoms with van der Waals surface area (Å²) in [6, 6.07) is 17.7. The van der Waals surface area contributed by atoms with Gasteiger partial charge in [-0.2, -0.15) is 13.8 Å². The van der Waals surface area contributed by atoms with Crippen LogP contribution in [0.2, 0.25) is 10.0 Å². The van der Waals surface area contributed by atoms with Crippen LogP contribution in [0, 0.1) is 31.9 Å². The van der Waals surface area contributed by atoms with Crippen LogP contribution in [0.15, 0.2) is 103 Å². The number of aromatic nitrogens is 2. The molecule has 1 amide bonds. The molecule has 348 valence electrons. The molecule has 0 saturated carbocycles. The molecule has 4 aromatic carbocycles. The number of hydrogen-bond donors (Lipinski definition) is 1. The molecule has 2 aromatic heterocycles. The van der Waals surface area contributed by atoms with E-state index in [9.17, 15) is 47.7 Å². The molecule has 16 nitrogen and oxygen atoms in total. The Morgan fingerprint density at radius 1 is 0.818 bits per heavy atom. The highest BCUT2D eigenvalue weighted by Gasteiger charge is 2.38. The SMILES string of the molecule is CCOP(C)(=O)C(C(=O)N/C=C/c1ccc([N+](=O)[O-])c(F)c1)c1cn(C)c2ccc(Cl)cc12.CCOP(C)(=O)Cc1cn(C)c2ccc(Cl)cc12.O=C=N/C=C/c1ccc([N+](=O)[O-])c(F)c1. The van der Waals surface area contributed by atoms with Crippen molar-refractivity contribution < 1.29 is 46.4 Å². The Balaban J connectivity index is 0.000000242. The fourth-order valence-electron chi connectivity index (χ4n) is 6.75. The number of amides is 1. The van der Waals surface area contributed by atoms with Gasteiger partial charge in [0.2, 0.25) is 38.4 Å². The maximum atomic E-state index is 13.8. The third-order valence-corrected chi connectivity index (χ3v) is 13.9. The lowest BCUT2D eigenvalue weighted by Gasteiger charge is -2.22. The summed E-state index contributed by atoms with van der Waals surface area (Å²) >= 11 is 12.2. The zero-order valence-electron chi connectivity index (χ0n) is 36.3. The molecule has 0 aliphatic rings. The number of nitrogens with one attached hydrogen (secondary N) is 1. The van der Waals surface area contributed by atoms with E-state index >= 15 is 0 Å². The van der Waals surface area contributed by atoms with E-state index in [1.165, 1.54) is 43.2 Å². The van der Waals surface area contributed by atoms with E-state index < -0.39 is 59.2 Å². The Morgan fingerprint density at radius 2 is 1.33 bits per heavy atom. The van der Waals surface area contributed by atoms with Crippen molar-refractivity contribution in [2.45, 2.75) is 25.7 Å². The van der Waals surface area contributed by atoms with Gasteiger partial charge in [0.1, 0.15) is 5.66 Å². The normalized spacial score (nSPS) is 13.5. The summed E-state index contributed by atoms with van der Waals surface area (Å²) in [6.45, 7) is 7.25. The summed E-state index contributed by atoms with van der Waals surface area (Å²) in [4.78, 5) is 45.4. The van der Waals surface area contributed by atoms with Crippen LogP contribution in [-0.4, -0.2) is 57.5 Å². The molecule has 0 spiro atoms. The Hall–Kier alpha value is -6.09. The first kappa shape index (κ1) is 52.5. The van der Waals surface area contributed by atoms with Crippen molar-refractivity contribution in [3.05, 3.63) is 162 Å². The predicted molar refractivity (Wildman–Crippen MR) is 253 cm³/mol. The fraction of sp³-hybridized carbons (Fsp3) is 0.227. The van der Waals surface area contributed by atoms with E-state index in [-0.39, 0.29) is 6.61 Å². The largest absolute Gasteiger partial charge is 0.350 e. The summed E-state index contributed by atoms with van der Waals surface area (Å²) in [5, 5.41) is 26.5. The number of rotatable bonds is 15. The number of benzene rings is 4. The molecule has 3 unspecified atom stereocenters. The van der Waals surface area contributed by atoms with Gasteiger partial charge >= 0.3 is 11.4 Å². The molecule has 3 atom stereocenters. The number of aryl methyl sites for hydroxylation is 2. The molecule has 22 heteroatoms. The predicted octanol–water partition coefficient (Wildman–Crippen LogP) is 12.0. The molecular weight excluding hydrogens is 943 g/mol. The molecule has 6 aromatic rings. The minimum absolute atomic E-state index is 0.154. The van der Waals surface area contributed by atoms with E-state index in [2.05, 4.69) is 10.3 Å². The van der Waals surface area contributed by atoms with Crippen molar-refractivity contribution in [3.8, 4) is 0 Å². The lowest BCUT2D eigenvalue weighted by Crippen LogP contribution is -2.25. The minimum atomic E-state index is -3.46. The zero-order chi connectivity index (χ0) is 48.9. The maximum Gasteiger partial charge on any atom is 0.304 e. The summed E-state index contributed by atoms with van der Waals surface area (Å²) in [7, 11) is -2.26. The van der Waals surface area contributed by atoms with E-state index in [4.69, 9.17) is 32.2 Å². The van der Waals surface area contributed by atoms with Crippen molar-refractivity contribution >= 4 is 95.3 Å². The highest BCUT2D eigenvalue weighted by molar-refractivity contribution is 7.59. The Morgan fingerprint density at radius 3 is 1.85 bits per heavy atom. The first-order valence-corrected chi connectivity index (χ1v) is 24.8. The number of carbonyl (C=O) groups excluding carboxylic acids is 2. The van der Waals surface area contributed by atoms with E-state index in [0.717, 1.165) is 52.4 Å². The first-order valence-electron chi connectivity index (χ1n) is 19.6. The van der Waals surface area contributed by atoms with Gasteiger partial charge in [0.05, 0.1) is 29.2 Å². The molecule has 0 fully saturated rings. The maximum absolute atomic E-state index is 13.8. The number of nitrogens with zero attached hydrogens (tertiary/aromatic N) is 5. The van der Waals surface area contributed by atoms with Crippen LogP contribution in [0.25, 0.3) is 34.0 Å². The third kappa shape index (κ3) is 14.0. The summed E-state index contributed by atoms with van der Waals surface area (Å²) in [5.41, 5.74) is 1.73. The summed E-state index contributed by atoms with van der Waals surface area (Å²) in [6.07, 6.45) is 10.5. The van der Waals surface area contributed by atoms with Gasteiger partial charge in [-0.15, -0.1) is 0 Å². The van der Waals surface area contributed by atoms with Gasteiger partial charge in [-0.1, -0.05) is 23.2 Å². The Labute approximate surface area is 387 Å². The van der Waals surface area contributed by atoms with Crippen molar-refractivity contribution in [3.63, 3.8) is 0 Å². The van der Waals surface area contributed by atoms with Crippen LogP contribution < -0.4 is 5.32 Å². The molecule has 0 aliphatic heterocycles. The molecule has 0 aliphatic carbocycles. The number of nitro groups is 2. The average Bonchev–Trinajstić information content (AvgIpc) is 3.70. The minimum Gasteiger partial charge on any atom is -0.350 e. The quantitative estimate of drug-likeness (QED) is 0.0338. The van der Waals surface area contributed by atoms with Crippen molar-refractivity contribution in [2.24, 2.45) is 19.1 Å². The smallest absolute Gasteiger partial charge is 0.304 e. The second-order valence-corrected chi connectivity index (χ2v) is 20.5. The highest BCUT2D eigenvalue weighted by atomic mass is 35.5. The second kappa shape index (κ2) is 23.4. The number of halogens is 4. The van der Waals surface area contributed by atoms with Gasteiger partial charge in [-0.05, 0) is 109 Å². The number of isocyanates is 1. The number of carbonyl (C=O) groups is 1. The van der Waals surface area contributed by atoms with E-state index in [0.29, 0.717) is 44.9 Å². The first-order chi connectivity index (χ1) is 31.1. The molecule has 6 rings (SSSR count). The molecule has 0 radical (unpaired) electrons. The molecule has 2 heterocycles. The highest BCUT2D eigenvalue weighted by Crippen LogP contribution is 2.58. The average molecular weight is 988 g/mol. The van der Waals surface area contributed by atoms with Crippen LogP contribution in [-0.2, 0) is 48.0 Å². The van der Waals surface area contributed by atoms with E-state index in [1.807, 2.05) is 47.5 Å². The Bertz CT molecular complexity index is 2990. The molecule has 1 N–H and O–H groups in total. The fourth-order valence-corrected chi connectivity index (χ4v) is 10.5. The van der Waals surface area contributed by atoms with Gasteiger partial charge in [-0.25, -0.2) is 4.79 Å². The second-order valence-electron chi connectivity index (χ2n) is 14.4. The lowest BCUT2D eigenvalue weighted by atomic mass is 10.1. The van der Waals surface area contributed by atoms with Gasteiger partial charge in [0, 0.05) is 96.2 Å². The summed E-state index contributed by atoms with van der Waals surface area (Å²) < 4.78 is 67.2. The van der Waals surface area contributed by atoms with Crippen LogP contribution in [0.4, 0.5) is 20.2 Å². The van der Waals surface area contributed by atoms with Crippen molar-refractivity contribution in [2.75, 3.05) is 26.5 Å². The van der Waals surface area contributed by atoms with Crippen molar-refractivity contribution in [1.29, 1.82) is 0 Å². The summed E-state index contributed by atoms with van der Waals surface area (Å²) in [5.74, 6) is -2.51. The monoisotopic (exact) mass is 986 g/mol. The standard InChI is InChI=1S/C22H22ClFN3O5P.C13H17ClNO2P.C9H5FN2O3/c1-4-32-33(3,31)21(17-13-26(2)19-8-6-15(23)12-16(17)19)22(28)25-10-9-14-5-7-20(27(29)30)18(24)11-14;1-4-17-18(3,16)9-10-8-15(2)13-6-5-11(14)7-12(10)13;10-8-5-7(3-4-11-6-13)1-2-9(8)12(14)15/h5-13,21H,4H2,1-3H3,(H,25,28);5-8H,4,9H2,1-3H3;1-5H/b10-9+;;4-3+. The topological polar surface area (TPSA) is 207 Å². The van der Waals surface area contributed by atoms with Gasteiger partial charge in [0.25, 0.3) is 0 Å². The third-order valence-electron chi connectivity index (χ3n) is 9.51. The molecule has 0 saturated heterocycles. The lowest BCUT2D eigenvalue weighted by molar-refractivity contribution is -0.387. The molecule has 66 heavy (non-hydrogen) atoms. The van der Waals surface area contributed by atoms with Gasteiger partial charge in [-0.3, -0.25) is 34.2 Å². The van der Waals surface area contributed by atoms with E-state index in [1.54, 1.807) is 45.0 Å². The number of fused-ring (bicyclic) bond motifs is 2. The molecule has 0 bridgehead atoms. The van der Waals surface area contributed by atoms with Gasteiger partial charge < -0.3 is 23.5 Å². The zero-order valence-corrected chi connectivity index (χ0v) is 39.6. The molecular formula is C44H44Cl2F2N6O10P2. The van der Waals surface area contributed by atoms with Crippen LogP contribution in [0.1, 0.15) is 41.8 Å². The number of hydrogen-bond acceptors (Lipinski definition) is 11. The van der Waals surface area contributed by atoms with Crippen LogP contribution in [0.5, 0.6) is 0 Å². The van der Waals surface area contributed by atoms with Crippen LogP contribution >= 0.6 is 37.9 Å². The Kier molecular flexibility index (Phi) is 18.6. The number of nitro benzene ring substituents is 2. The number of aliphatic imine (C=N–C) groups is 1. The van der Waals surface area contributed by atoms with Crippen LogP contribution in [0.3, 0.4) is 0 Å².